The SMILES string of the molecule is CON(C)S(=O)(=O)c1ccc(S(=O)(=O)C2CCN(C(=O)C(F)(F)F)CC2)cc1. The summed E-state index contributed by atoms with van der Waals surface area (Å²) in [4.78, 5) is 16.1. The number of benzene rings is 1. The molecule has 2 rings (SSSR count). The van der Waals surface area contributed by atoms with E-state index in [1.54, 1.807) is 0 Å². The molecular formula is C15H19F3N2O6S2. The molecular weight excluding hydrogens is 425 g/mol. The first kappa shape index (κ1) is 22.6. The first-order valence-corrected chi connectivity index (χ1v) is 11.0. The summed E-state index contributed by atoms with van der Waals surface area (Å²) in [7, 11) is -5.50. The van der Waals surface area contributed by atoms with Crippen molar-refractivity contribution in [3.63, 3.8) is 0 Å². The molecule has 1 aliphatic rings. The van der Waals surface area contributed by atoms with Crippen molar-refractivity contribution in [3.8, 4) is 0 Å². The zero-order valence-corrected chi connectivity index (χ0v) is 16.6. The van der Waals surface area contributed by atoms with Gasteiger partial charge in [-0.1, -0.05) is 4.47 Å². The second-order valence-electron chi connectivity index (χ2n) is 6.10. The molecule has 1 aliphatic heterocycles. The molecule has 28 heavy (non-hydrogen) atoms. The highest BCUT2D eigenvalue weighted by atomic mass is 32.2. The fourth-order valence-corrected chi connectivity index (χ4v) is 5.49. The number of piperidine rings is 1. The van der Waals surface area contributed by atoms with Crippen LogP contribution in [0.4, 0.5) is 13.2 Å². The van der Waals surface area contributed by atoms with Gasteiger partial charge in [-0.2, -0.15) is 13.2 Å². The normalized spacial score (nSPS) is 17.1. The van der Waals surface area contributed by atoms with Gasteiger partial charge in [0.15, 0.2) is 9.84 Å². The number of sulfonamides is 1. The number of sulfone groups is 1. The molecule has 1 aromatic carbocycles. The second kappa shape index (κ2) is 7.97. The summed E-state index contributed by atoms with van der Waals surface area (Å²) in [5.41, 5.74) is 0. The number of hydrogen-bond acceptors (Lipinski definition) is 6. The van der Waals surface area contributed by atoms with Crippen LogP contribution < -0.4 is 0 Å². The summed E-state index contributed by atoms with van der Waals surface area (Å²) in [6, 6.07) is 4.47. The Bertz CT molecular complexity index is 922. The fraction of sp³-hybridized carbons (Fsp3) is 0.533. The van der Waals surface area contributed by atoms with E-state index in [4.69, 9.17) is 0 Å². The third-order valence-corrected chi connectivity index (χ3v) is 8.43. The van der Waals surface area contributed by atoms with Crippen LogP contribution in [0.5, 0.6) is 0 Å². The molecule has 1 aromatic rings. The lowest BCUT2D eigenvalue weighted by molar-refractivity contribution is -0.186. The van der Waals surface area contributed by atoms with Crippen LogP contribution in [0, 0.1) is 0 Å². The number of nitrogens with zero attached hydrogens (tertiary/aromatic N) is 2. The maximum atomic E-state index is 12.7. The van der Waals surface area contributed by atoms with Gasteiger partial charge in [-0.25, -0.2) is 16.8 Å². The molecule has 0 unspecified atom stereocenters. The fourth-order valence-electron chi connectivity index (χ4n) is 2.79. The van der Waals surface area contributed by atoms with Gasteiger partial charge in [0.05, 0.1) is 22.2 Å². The topological polar surface area (TPSA) is 101 Å². The number of carbonyl (C=O) groups is 1. The third kappa shape index (κ3) is 4.47. The number of amides is 1. The number of carbonyl (C=O) groups excluding carboxylic acids is 1. The molecule has 0 saturated carbocycles. The standard InChI is InChI=1S/C15H19F3N2O6S2/c1-19(26-2)28(24,25)13-5-3-11(4-6-13)27(22,23)12-7-9-20(10-8-12)14(21)15(16,17)18/h3-6,12H,7-10H2,1-2H3. The molecule has 1 saturated heterocycles. The first-order chi connectivity index (χ1) is 12.8. The van der Waals surface area contributed by atoms with Crippen molar-refractivity contribution in [3.05, 3.63) is 24.3 Å². The van der Waals surface area contributed by atoms with E-state index in [2.05, 4.69) is 4.84 Å². The Morgan fingerprint density at radius 1 is 1.07 bits per heavy atom. The van der Waals surface area contributed by atoms with E-state index in [0.29, 0.717) is 9.37 Å². The van der Waals surface area contributed by atoms with E-state index in [0.717, 1.165) is 31.4 Å². The minimum Gasteiger partial charge on any atom is -0.335 e. The van der Waals surface area contributed by atoms with Gasteiger partial charge >= 0.3 is 12.1 Å². The highest BCUT2D eigenvalue weighted by molar-refractivity contribution is 7.92. The van der Waals surface area contributed by atoms with E-state index in [1.165, 1.54) is 7.05 Å². The maximum Gasteiger partial charge on any atom is 0.471 e. The third-order valence-electron chi connectivity index (χ3n) is 4.46. The van der Waals surface area contributed by atoms with E-state index in [9.17, 15) is 34.8 Å². The van der Waals surface area contributed by atoms with E-state index in [1.807, 2.05) is 0 Å². The van der Waals surface area contributed by atoms with Gasteiger partial charge in [0.25, 0.3) is 10.0 Å². The molecule has 0 aromatic heterocycles. The van der Waals surface area contributed by atoms with E-state index < -0.39 is 37.2 Å². The van der Waals surface area contributed by atoms with Crippen molar-refractivity contribution in [2.24, 2.45) is 0 Å². The lowest BCUT2D eigenvalue weighted by Gasteiger charge is -2.32. The molecule has 13 heteroatoms. The quantitative estimate of drug-likeness (QED) is 0.633. The van der Waals surface area contributed by atoms with Gasteiger partial charge in [-0.05, 0) is 37.1 Å². The maximum absolute atomic E-state index is 12.7. The summed E-state index contributed by atoms with van der Waals surface area (Å²) in [5, 5.41) is -0.964. The Balaban J connectivity index is 2.15. The Morgan fingerprint density at radius 2 is 1.54 bits per heavy atom. The number of hydroxylamine groups is 1. The van der Waals surface area contributed by atoms with Gasteiger partial charge in [-0.3, -0.25) is 9.63 Å². The van der Waals surface area contributed by atoms with E-state index in [-0.39, 0.29) is 35.7 Å². The van der Waals surface area contributed by atoms with Crippen LogP contribution in [0.2, 0.25) is 0 Å². The minimum absolute atomic E-state index is 0.142. The summed E-state index contributed by atoms with van der Waals surface area (Å²) in [6.07, 6.45) is -5.28. The first-order valence-electron chi connectivity index (χ1n) is 8.05. The molecule has 0 radical (unpaired) electrons. The molecule has 1 fully saturated rings. The van der Waals surface area contributed by atoms with Crippen LogP contribution in [0.3, 0.4) is 0 Å². The van der Waals surface area contributed by atoms with Crippen molar-refractivity contribution in [2.75, 3.05) is 27.2 Å². The van der Waals surface area contributed by atoms with Crippen LogP contribution in [-0.4, -0.2) is 70.8 Å². The lowest BCUT2D eigenvalue weighted by atomic mass is 10.1. The van der Waals surface area contributed by atoms with Crippen LogP contribution >= 0.6 is 0 Å². The average molecular weight is 444 g/mol. The summed E-state index contributed by atoms with van der Waals surface area (Å²) < 4.78 is 87.7. The molecule has 8 nitrogen and oxygen atoms in total. The Morgan fingerprint density at radius 3 is 1.96 bits per heavy atom. The van der Waals surface area contributed by atoms with Crippen molar-refractivity contribution < 1.29 is 39.6 Å². The minimum atomic E-state index is -5.00. The molecule has 0 spiro atoms. The van der Waals surface area contributed by atoms with Crippen LogP contribution in [-0.2, 0) is 29.5 Å². The Kier molecular flexibility index (Phi) is 6.43. The Hall–Kier alpha value is -1.70. The van der Waals surface area contributed by atoms with Crippen molar-refractivity contribution in [1.29, 1.82) is 0 Å². The number of rotatable bonds is 5. The van der Waals surface area contributed by atoms with Gasteiger partial charge < -0.3 is 4.90 Å². The lowest BCUT2D eigenvalue weighted by Crippen LogP contribution is -2.47. The molecule has 0 bridgehead atoms. The largest absolute Gasteiger partial charge is 0.471 e. The van der Waals surface area contributed by atoms with Crippen molar-refractivity contribution in [2.45, 2.75) is 34.1 Å². The number of hydrogen-bond donors (Lipinski definition) is 0. The number of likely N-dealkylation sites (tertiary alicyclic amines) is 1. The zero-order chi connectivity index (χ0) is 21.3. The molecule has 0 atom stereocenters. The highest BCUT2D eigenvalue weighted by Gasteiger charge is 2.44. The second-order valence-corrected chi connectivity index (χ2v) is 10.3. The molecule has 1 amide bonds. The predicted molar refractivity (Wildman–Crippen MR) is 91.2 cm³/mol. The van der Waals surface area contributed by atoms with E-state index >= 15 is 0 Å². The van der Waals surface area contributed by atoms with Gasteiger partial charge in [0.1, 0.15) is 0 Å². The van der Waals surface area contributed by atoms with Crippen LogP contribution in [0.1, 0.15) is 12.8 Å². The average Bonchev–Trinajstić information content (AvgIpc) is 2.66. The summed E-state index contributed by atoms with van der Waals surface area (Å²) in [6.45, 7) is -0.652. The van der Waals surface area contributed by atoms with Crippen LogP contribution in [0.25, 0.3) is 0 Å². The number of halogens is 3. The molecule has 0 N–H and O–H groups in total. The zero-order valence-electron chi connectivity index (χ0n) is 15.0. The predicted octanol–water partition coefficient (Wildman–Crippen LogP) is 1.20. The van der Waals surface area contributed by atoms with Crippen LogP contribution in [0.15, 0.2) is 34.1 Å². The summed E-state index contributed by atoms with van der Waals surface area (Å²) >= 11 is 0. The summed E-state index contributed by atoms with van der Waals surface area (Å²) in [5.74, 6) is -1.99. The smallest absolute Gasteiger partial charge is 0.335 e. The number of alkyl halides is 3. The van der Waals surface area contributed by atoms with Gasteiger partial charge in [-0.15, -0.1) is 0 Å². The highest BCUT2D eigenvalue weighted by Crippen LogP contribution is 2.28. The Labute approximate surface area is 160 Å². The monoisotopic (exact) mass is 444 g/mol. The van der Waals surface area contributed by atoms with Crippen molar-refractivity contribution in [1.82, 2.24) is 9.37 Å². The molecule has 1 heterocycles. The molecule has 0 aliphatic carbocycles. The van der Waals surface area contributed by atoms with Gasteiger partial charge in [0.2, 0.25) is 0 Å². The van der Waals surface area contributed by atoms with Gasteiger partial charge in [0, 0.05) is 20.1 Å². The van der Waals surface area contributed by atoms with Crippen molar-refractivity contribution >= 4 is 25.8 Å². The molecule has 158 valence electrons.